The summed E-state index contributed by atoms with van der Waals surface area (Å²) < 4.78 is 5.53. The molecule has 7 nitrogen and oxygen atoms in total. The molecular formula is C18H24N6O. The van der Waals surface area contributed by atoms with Crippen LogP contribution in [0.15, 0.2) is 30.5 Å². The molecule has 25 heavy (non-hydrogen) atoms. The fourth-order valence-electron chi connectivity index (χ4n) is 3.63. The van der Waals surface area contributed by atoms with Gasteiger partial charge in [-0.25, -0.2) is 4.98 Å². The average molecular weight is 340 g/mol. The molecule has 0 aliphatic carbocycles. The van der Waals surface area contributed by atoms with Gasteiger partial charge < -0.3 is 26.0 Å². The Morgan fingerprint density at radius 3 is 2.60 bits per heavy atom. The van der Waals surface area contributed by atoms with Crippen molar-refractivity contribution in [2.45, 2.75) is 12.3 Å². The second-order valence-electron chi connectivity index (χ2n) is 6.63. The van der Waals surface area contributed by atoms with Crippen LogP contribution in [0.1, 0.15) is 17.9 Å². The number of ether oxygens (including phenoxy) is 1. The summed E-state index contributed by atoms with van der Waals surface area (Å²) in [6, 6.07) is 8.87. The molecule has 4 rings (SSSR count). The second kappa shape index (κ2) is 6.76. The Morgan fingerprint density at radius 1 is 1.08 bits per heavy atom. The predicted octanol–water partition coefficient (Wildman–Crippen LogP) is 1.47. The van der Waals surface area contributed by atoms with E-state index in [1.807, 2.05) is 0 Å². The molecule has 1 aromatic heterocycles. The van der Waals surface area contributed by atoms with Gasteiger partial charge in [-0.15, -0.1) is 0 Å². The summed E-state index contributed by atoms with van der Waals surface area (Å²) in [6.07, 6.45) is 2.84. The molecule has 1 aromatic carbocycles. The number of benzene rings is 1. The van der Waals surface area contributed by atoms with E-state index in [1.54, 1.807) is 6.20 Å². The van der Waals surface area contributed by atoms with E-state index in [-0.39, 0.29) is 5.95 Å². The molecule has 2 aliphatic heterocycles. The van der Waals surface area contributed by atoms with Crippen LogP contribution < -0.4 is 21.3 Å². The topological polar surface area (TPSA) is 93.5 Å². The summed E-state index contributed by atoms with van der Waals surface area (Å²) >= 11 is 0. The summed E-state index contributed by atoms with van der Waals surface area (Å²) in [4.78, 5) is 12.8. The lowest BCUT2D eigenvalue weighted by Gasteiger charge is -2.37. The van der Waals surface area contributed by atoms with Crippen molar-refractivity contribution in [3.63, 3.8) is 0 Å². The van der Waals surface area contributed by atoms with Crippen molar-refractivity contribution in [1.82, 2.24) is 9.97 Å². The van der Waals surface area contributed by atoms with Gasteiger partial charge in [0.2, 0.25) is 5.95 Å². The van der Waals surface area contributed by atoms with Crippen LogP contribution in [0.2, 0.25) is 0 Å². The van der Waals surface area contributed by atoms with Gasteiger partial charge in [0, 0.05) is 44.4 Å². The Bertz CT molecular complexity index is 738. The number of nitrogens with two attached hydrogens (primary N) is 2. The van der Waals surface area contributed by atoms with E-state index in [4.69, 9.17) is 16.2 Å². The summed E-state index contributed by atoms with van der Waals surface area (Å²) in [6.45, 7) is 5.36. The third-order valence-electron chi connectivity index (χ3n) is 5.07. The van der Waals surface area contributed by atoms with Crippen molar-refractivity contribution < 1.29 is 4.74 Å². The molecule has 1 atom stereocenters. The van der Waals surface area contributed by atoms with Crippen LogP contribution in [0, 0.1) is 0 Å². The second-order valence-corrected chi connectivity index (χ2v) is 6.63. The zero-order valence-corrected chi connectivity index (χ0v) is 14.3. The number of piperazine rings is 1. The minimum Gasteiger partial charge on any atom is -0.382 e. The highest BCUT2D eigenvalue weighted by Gasteiger charge is 2.22. The zero-order valence-electron chi connectivity index (χ0n) is 14.3. The monoisotopic (exact) mass is 340 g/mol. The Hall–Kier alpha value is -2.54. The molecule has 2 fully saturated rings. The van der Waals surface area contributed by atoms with Crippen LogP contribution in [0.5, 0.6) is 0 Å². The Labute approximate surface area is 147 Å². The molecule has 7 heteroatoms. The van der Waals surface area contributed by atoms with Gasteiger partial charge in [0.25, 0.3) is 0 Å². The molecule has 0 spiro atoms. The SMILES string of the molecule is Nc1ncc(N2CCN(c3cccc(C4CCOC4)c3)CC2)c(N)n1. The molecule has 2 aliphatic rings. The number of hydrogen-bond acceptors (Lipinski definition) is 7. The maximum absolute atomic E-state index is 5.99. The highest BCUT2D eigenvalue weighted by molar-refractivity contribution is 5.64. The summed E-state index contributed by atoms with van der Waals surface area (Å²) in [5.41, 5.74) is 15.1. The lowest BCUT2D eigenvalue weighted by Crippen LogP contribution is -2.46. The zero-order chi connectivity index (χ0) is 17.2. The molecule has 3 heterocycles. The number of nitrogen functional groups attached to an aromatic ring is 2. The largest absolute Gasteiger partial charge is 0.382 e. The van der Waals surface area contributed by atoms with E-state index in [9.17, 15) is 0 Å². The molecule has 1 unspecified atom stereocenters. The summed E-state index contributed by atoms with van der Waals surface area (Å²) in [7, 11) is 0. The maximum Gasteiger partial charge on any atom is 0.222 e. The first-order valence-electron chi connectivity index (χ1n) is 8.76. The Kier molecular flexibility index (Phi) is 4.31. The van der Waals surface area contributed by atoms with Crippen molar-refractivity contribution >= 4 is 23.1 Å². The van der Waals surface area contributed by atoms with Crippen molar-refractivity contribution in [1.29, 1.82) is 0 Å². The molecule has 0 saturated carbocycles. The molecule has 2 saturated heterocycles. The van der Waals surface area contributed by atoms with Gasteiger partial charge >= 0.3 is 0 Å². The van der Waals surface area contributed by atoms with Gasteiger partial charge in [0.1, 0.15) is 0 Å². The van der Waals surface area contributed by atoms with Crippen LogP contribution in [0.25, 0.3) is 0 Å². The van der Waals surface area contributed by atoms with Gasteiger partial charge in [0.05, 0.1) is 18.5 Å². The van der Waals surface area contributed by atoms with Crippen molar-refractivity contribution in [3.05, 3.63) is 36.0 Å². The lowest BCUT2D eigenvalue weighted by atomic mass is 9.98. The van der Waals surface area contributed by atoms with Crippen molar-refractivity contribution in [2.75, 3.05) is 60.7 Å². The summed E-state index contributed by atoms with van der Waals surface area (Å²) in [5.74, 6) is 1.20. The molecular weight excluding hydrogens is 316 g/mol. The Balaban J connectivity index is 1.44. The normalized spacial score (nSPS) is 20.9. The van der Waals surface area contributed by atoms with Crippen LogP contribution in [0.3, 0.4) is 0 Å². The highest BCUT2D eigenvalue weighted by atomic mass is 16.5. The number of hydrogen-bond donors (Lipinski definition) is 2. The van der Waals surface area contributed by atoms with Crippen LogP contribution >= 0.6 is 0 Å². The van der Waals surface area contributed by atoms with Gasteiger partial charge in [-0.3, -0.25) is 0 Å². The Morgan fingerprint density at radius 2 is 1.88 bits per heavy atom. The molecule has 0 radical (unpaired) electrons. The van der Waals surface area contributed by atoms with Gasteiger partial charge in [-0.2, -0.15) is 4.98 Å². The average Bonchev–Trinajstić information content (AvgIpc) is 3.17. The van der Waals surface area contributed by atoms with Gasteiger partial charge in [-0.05, 0) is 24.1 Å². The van der Waals surface area contributed by atoms with E-state index in [1.165, 1.54) is 11.3 Å². The fraction of sp³-hybridized carbons (Fsp3) is 0.444. The van der Waals surface area contributed by atoms with Crippen molar-refractivity contribution in [3.8, 4) is 0 Å². The van der Waals surface area contributed by atoms with Gasteiger partial charge in [-0.1, -0.05) is 12.1 Å². The van der Waals surface area contributed by atoms with Crippen molar-refractivity contribution in [2.24, 2.45) is 0 Å². The first-order chi connectivity index (χ1) is 12.2. The first-order valence-corrected chi connectivity index (χ1v) is 8.76. The minimum atomic E-state index is 0.215. The van der Waals surface area contributed by atoms with E-state index in [0.717, 1.165) is 51.5 Å². The molecule has 0 bridgehead atoms. The lowest BCUT2D eigenvalue weighted by molar-refractivity contribution is 0.194. The predicted molar refractivity (Wildman–Crippen MR) is 99.9 cm³/mol. The fourth-order valence-corrected chi connectivity index (χ4v) is 3.63. The van der Waals surface area contributed by atoms with E-state index in [0.29, 0.717) is 11.7 Å². The first kappa shape index (κ1) is 16.0. The number of nitrogens with zero attached hydrogens (tertiary/aromatic N) is 4. The van der Waals surface area contributed by atoms with Gasteiger partial charge in [0.15, 0.2) is 5.82 Å². The van der Waals surface area contributed by atoms with Crippen LogP contribution in [-0.2, 0) is 4.74 Å². The molecule has 2 aromatic rings. The minimum absolute atomic E-state index is 0.215. The van der Waals surface area contributed by atoms with E-state index in [2.05, 4.69) is 44.0 Å². The third kappa shape index (κ3) is 3.32. The van der Waals surface area contributed by atoms with Crippen LogP contribution in [-0.4, -0.2) is 49.4 Å². The standard InChI is InChI=1S/C18H24N6O/c19-17-16(11-21-18(20)22-17)24-7-5-23(6-8-24)15-3-1-2-13(10-15)14-4-9-25-12-14/h1-3,10-11,14H,4-9,12H2,(H4,19,20,21,22). The number of rotatable bonds is 3. The molecule has 4 N–H and O–H groups in total. The number of anilines is 4. The molecule has 132 valence electrons. The summed E-state index contributed by atoms with van der Waals surface area (Å²) in [5, 5.41) is 0. The van der Waals surface area contributed by atoms with E-state index < -0.39 is 0 Å². The van der Waals surface area contributed by atoms with Crippen LogP contribution in [0.4, 0.5) is 23.1 Å². The quantitative estimate of drug-likeness (QED) is 0.874. The smallest absolute Gasteiger partial charge is 0.222 e. The highest BCUT2D eigenvalue weighted by Crippen LogP contribution is 2.29. The third-order valence-corrected chi connectivity index (χ3v) is 5.07. The van der Waals surface area contributed by atoms with E-state index >= 15 is 0 Å². The maximum atomic E-state index is 5.99. The molecule has 0 amide bonds. The number of aromatic nitrogens is 2.